The highest BCUT2D eigenvalue weighted by molar-refractivity contribution is 7.89. The van der Waals surface area contributed by atoms with E-state index in [0.29, 0.717) is 11.1 Å². The van der Waals surface area contributed by atoms with Crippen molar-refractivity contribution in [2.45, 2.75) is 57.3 Å². The van der Waals surface area contributed by atoms with Gasteiger partial charge in [-0.2, -0.15) is 0 Å². The Labute approximate surface area is 261 Å². The van der Waals surface area contributed by atoms with Crippen LogP contribution in [0.25, 0.3) is 0 Å². The summed E-state index contributed by atoms with van der Waals surface area (Å²) in [6, 6.07) is 9.17. The molecule has 246 valence electrons. The number of primary sulfonamides is 1. The Balaban J connectivity index is 2.09. The molecular weight excluding hydrogens is 608 g/mol. The summed E-state index contributed by atoms with van der Waals surface area (Å²) < 4.78 is 23.6. The molecular formula is C29H40N6O9S. The lowest BCUT2D eigenvalue weighted by Crippen LogP contribution is -2.57. The van der Waals surface area contributed by atoms with Gasteiger partial charge >= 0.3 is 5.97 Å². The summed E-state index contributed by atoms with van der Waals surface area (Å²) >= 11 is 0. The molecule has 4 atom stereocenters. The summed E-state index contributed by atoms with van der Waals surface area (Å²) in [4.78, 5) is 63.2. The fourth-order valence-corrected chi connectivity index (χ4v) is 4.93. The molecule has 10 N–H and O–H groups in total. The highest BCUT2D eigenvalue weighted by atomic mass is 32.2. The van der Waals surface area contributed by atoms with Gasteiger partial charge in [-0.3, -0.25) is 19.2 Å². The normalized spacial score (nSPS) is 14.0. The number of phenols is 1. The molecule has 0 saturated carbocycles. The largest absolute Gasteiger partial charge is 0.508 e. The number of sulfonamides is 1. The lowest BCUT2D eigenvalue weighted by Gasteiger charge is -2.23. The van der Waals surface area contributed by atoms with Crippen LogP contribution in [-0.4, -0.2) is 84.7 Å². The van der Waals surface area contributed by atoms with Crippen molar-refractivity contribution >= 4 is 39.6 Å². The maximum absolute atomic E-state index is 13.1. The zero-order valence-corrected chi connectivity index (χ0v) is 25.8. The Bertz CT molecular complexity index is 1440. The number of carboxylic acids is 1. The lowest BCUT2D eigenvalue weighted by molar-refractivity contribution is -0.142. The summed E-state index contributed by atoms with van der Waals surface area (Å²) in [6.07, 6.45) is 0.158. The Hall–Kier alpha value is -4.54. The van der Waals surface area contributed by atoms with Crippen LogP contribution in [0.3, 0.4) is 0 Å². The third kappa shape index (κ3) is 13.7. The molecule has 0 unspecified atom stereocenters. The topological polar surface area (TPSA) is 260 Å². The molecule has 15 nitrogen and oxygen atoms in total. The number of aliphatic carboxylic acids is 1. The standard InChI is InChI=1S/C29H40N6O9S/c1-17(2)12-23(29(41)42)34-28(40)22(14-18-6-4-3-5-7-18)33-25(37)15-32-27(39)24(16-45(31,43)44)35-26(38)21(30)13-19-8-10-20(36)11-9-19/h3-11,17,21-24,36H,12-16,30H2,1-2H3,(H,32,39)(H,33,37)(H,34,40)(H,35,38)(H,41,42)(H2,31,43,44)/t21-,22-,23-,24-/m0/s1. The Morgan fingerprint density at radius 1 is 0.778 bits per heavy atom. The number of amides is 4. The van der Waals surface area contributed by atoms with E-state index >= 15 is 0 Å². The Morgan fingerprint density at radius 3 is 1.91 bits per heavy atom. The van der Waals surface area contributed by atoms with Crippen LogP contribution in [0.4, 0.5) is 0 Å². The Morgan fingerprint density at radius 2 is 1.36 bits per heavy atom. The predicted molar refractivity (Wildman–Crippen MR) is 164 cm³/mol. The van der Waals surface area contributed by atoms with Gasteiger partial charge in [0, 0.05) is 6.42 Å². The summed E-state index contributed by atoms with van der Waals surface area (Å²) in [5, 5.41) is 33.4. The molecule has 0 aliphatic heterocycles. The minimum absolute atomic E-state index is 0.00298. The van der Waals surface area contributed by atoms with E-state index in [-0.39, 0.29) is 30.9 Å². The fraction of sp³-hybridized carbons (Fsp3) is 0.414. The molecule has 4 amide bonds. The second-order valence-electron chi connectivity index (χ2n) is 10.9. The van der Waals surface area contributed by atoms with Crippen molar-refractivity contribution in [1.29, 1.82) is 0 Å². The first-order valence-corrected chi connectivity index (χ1v) is 15.7. The third-order valence-electron chi connectivity index (χ3n) is 6.44. The average Bonchev–Trinajstić information content (AvgIpc) is 2.95. The van der Waals surface area contributed by atoms with E-state index in [9.17, 15) is 42.6 Å². The van der Waals surface area contributed by atoms with Gasteiger partial charge in [0.25, 0.3) is 0 Å². The number of carbonyl (C=O) groups excluding carboxylic acids is 4. The quantitative estimate of drug-likeness (QED) is 0.0984. The first-order valence-electron chi connectivity index (χ1n) is 14.0. The van der Waals surface area contributed by atoms with Gasteiger partial charge in [0.1, 0.15) is 23.9 Å². The van der Waals surface area contributed by atoms with Crippen LogP contribution < -0.4 is 32.1 Å². The van der Waals surface area contributed by atoms with Gasteiger partial charge < -0.3 is 37.2 Å². The van der Waals surface area contributed by atoms with Gasteiger partial charge in [0.2, 0.25) is 33.7 Å². The molecule has 2 rings (SSSR count). The van der Waals surface area contributed by atoms with Crippen molar-refractivity contribution < 1.29 is 42.6 Å². The highest BCUT2D eigenvalue weighted by Crippen LogP contribution is 2.11. The van der Waals surface area contributed by atoms with Crippen LogP contribution >= 0.6 is 0 Å². The number of hydrogen-bond acceptors (Lipinski definition) is 9. The van der Waals surface area contributed by atoms with Crippen LogP contribution in [0, 0.1) is 5.92 Å². The number of benzene rings is 2. The first-order chi connectivity index (χ1) is 21.0. The van der Waals surface area contributed by atoms with Gasteiger partial charge in [0.15, 0.2) is 0 Å². The minimum Gasteiger partial charge on any atom is -0.508 e. The molecule has 2 aromatic rings. The van der Waals surface area contributed by atoms with Crippen LogP contribution in [0.15, 0.2) is 54.6 Å². The maximum Gasteiger partial charge on any atom is 0.326 e. The van der Waals surface area contributed by atoms with Gasteiger partial charge in [-0.15, -0.1) is 0 Å². The summed E-state index contributed by atoms with van der Waals surface area (Å²) in [7, 11) is -4.28. The second-order valence-corrected chi connectivity index (χ2v) is 12.6. The third-order valence-corrected chi connectivity index (χ3v) is 7.24. The molecule has 0 aliphatic rings. The van der Waals surface area contributed by atoms with Crippen LogP contribution in [-0.2, 0) is 46.8 Å². The van der Waals surface area contributed by atoms with Crippen molar-refractivity contribution in [2.75, 3.05) is 12.3 Å². The van der Waals surface area contributed by atoms with Crippen LogP contribution in [0.2, 0.25) is 0 Å². The summed E-state index contributed by atoms with van der Waals surface area (Å²) in [5.41, 5.74) is 7.18. The summed E-state index contributed by atoms with van der Waals surface area (Å²) in [6.45, 7) is 2.87. The first kappa shape index (κ1) is 36.7. The van der Waals surface area contributed by atoms with E-state index in [1.165, 1.54) is 24.3 Å². The molecule has 0 radical (unpaired) electrons. The molecule has 0 heterocycles. The zero-order valence-electron chi connectivity index (χ0n) is 24.9. The van der Waals surface area contributed by atoms with E-state index in [4.69, 9.17) is 10.9 Å². The number of aromatic hydroxyl groups is 1. The van der Waals surface area contributed by atoms with Crippen molar-refractivity contribution in [3.63, 3.8) is 0 Å². The average molecular weight is 649 g/mol. The molecule has 2 aromatic carbocycles. The van der Waals surface area contributed by atoms with Crippen molar-refractivity contribution in [2.24, 2.45) is 16.8 Å². The molecule has 0 spiro atoms. The van der Waals surface area contributed by atoms with E-state index < -0.39 is 76.1 Å². The molecule has 16 heteroatoms. The van der Waals surface area contributed by atoms with Gasteiger partial charge in [-0.25, -0.2) is 18.4 Å². The SMILES string of the molecule is CC(C)C[C@H](NC(=O)[C@H](Cc1ccccc1)NC(=O)CNC(=O)[C@H](CS(N)(=O)=O)NC(=O)[C@@H](N)Cc1ccc(O)cc1)C(=O)O. The van der Waals surface area contributed by atoms with Gasteiger partial charge in [-0.05, 0) is 42.0 Å². The number of hydrogen-bond donors (Lipinski definition) is 8. The molecule has 0 fully saturated rings. The monoisotopic (exact) mass is 648 g/mol. The number of nitrogens with two attached hydrogens (primary N) is 2. The van der Waals surface area contributed by atoms with Crippen LogP contribution in [0.1, 0.15) is 31.4 Å². The zero-order chi connectivity index (χ0) is 33.7. The van der Waals surface area contributed by atoms with Gasteiger partial charge in [0.05, 0.1) is 18.3 Å². The van der Waals surface area contributed by atoms with Crippen molar-refractivity contribution in [1.82, 2.24) is 21.3 Å². The van der Waals surface area contributed by atoms with E-state index in [0.717, 1.165) is 0 Å². The number of phenolic OH excluding ortho intramolecular Hbond substituents is 1. The number of nitrogens with one attached hydrogen (secondary N) is 4. The number of carboxylic acid groups (broad SMARTS) is 1. The molecule has 0 bridgehead atoms. The predicted octanol–water partition coefficient (Wildman–Crippen LogP) is -1.51. The van der Waals surface area contributed by atoms with E-state index in [2.05, 4.69) is 21.3 Å². The van der Waals surface area contributed by atoms with E-state index in [1.54, 1.807) is 44.2 Å². The molecule has 0 aromatic heterocycles. The fourth-order valence-electron chi connectivity index (χ4n) is 4.23. The molecule has 45 heavy (non-hydrogen) atoms. The van der Waals surface area contributed by atoms with E-state index in [1.807, 2.05) is 0 Å². The second kappa shape index (κ2) is 17.1. The Kier molecular flexibility index (Phi) is 13.9. The van der Waals surface area contributed by atoms with Gasteiger partial charge in [-0.1, -0.05) is 56.3 Å². The maximum atomic E-state index is 13.1. The summed E-state index contributed by atoms with van der Waals surface area (Å²) in [5.74, 6) is -5.80. The number of rotatable bonds is 17. The lowest BCUT2D eigenvalue weighted by atomic mass is 10.0. The van der Waals surface area contributed by atoms with Crippen molar-refractivity contribution in [3.05, 3.63) is 65.7 Å². The minimum atomic E-state index is -4.28. The highest BCUT2D eigenvalue weighted by Gasteiger charge is 2.30. The number of carbonyl (C=O) groups is 5. The molecule has 0 saturated heterocycles. The van der Waals surface area contributed by atoms with Crippen LogP contribution in [0.5, 0.6) is 5.75 Å². The molecule has 0 aliphatic carbocycles. The smallest absolute Gasteiger partial charge is 0.326 e. The van der Waals surface area contributed by atoms with Crippen molar-refractivity contribution in [3.8, 4) is 5.75 Å².